The number of rotatable bonds is 7. The number of methoxy groups -OCH3 is 1. The van der Waals surface area contributed by atoms with Gasteiger partial charge in [-0.3, -0.25) is 19.6 Å². The molecule has 9 heteroatoms. The number of allylic oxidation sites excluding steroid dienone is 1. The summed E-state index contributed by atoms with van der Waals surface area (Å²) in [6.07, 6.45) is 9.77. The summed E-state index contributed by atoms with van der Waals surface area (Å²) < 4.78 is 19.8. The summed E-state index contributed by atoms with van der Waals surface area (Å²) in [6.45, 7) is 10.8. The molecule has 4 aromatic rings. The quantitative estimate of drug-likeness (QED) is 0.178. The predicted molar refractivity (Wildman–Crippen MR) is 172 cm³/mol. The number of amides is 2. The number of halogens is 1. The Morgan fingerprint density at radius 2 is 1.58 bits per heavy atom. The molecule has 0 saturated carbocycles. The van der Waals surface area contributed by atoms with Crippen LogP contribution in [0, 0.1) is 0 Å². The number of hydrogen-bond acceptors (Lipinski definition) is 6. The molecule has 0 aliphatic rings. The number of alkyl halides is 1. The Labute approximate surface area is 252 Å². The number of fused-ring (bicyclic) bond motifs is 1. The summed E-state index contributed by atoms with van der Waals surface area (Å²) in [5, 5.41) is 5.70. The van der Waals surface area contributed by atoms with E-state index in [0.29, 0.717) is 17.6 Å². The SMILES string of the molecule is C=Cc1ncccc1/C=C\C.CC.CNC=O.COC(=O)c1ccc(C(C)(F)C(=O)Nc2cccc3cccnc23)cc1. The number of benzene rings is 2. The lowest BCUT2D eigenvalue weighted by atomic mass is 9.95. The first kappa shape index (κ1) is 35.8. The fraction of sp³-hybridized carbons (Fsp3) is 0.206. The van der Waals surface area contributed by atoms with Gasteiger partial charge in [0.05, 0.1) is 29.6 Å². The minimum atomic E-state index is -2.29. The van der Waals surface area contributed by atoms with Gasteiger partial charge in [0.15, 0.2) is 0 Å². The van der Waals surface area contributed by atoms with E-state index in [-0.39, 0.29) is 11.1 Å². The van der Waals surface area contributed by atoms with Crippen molar-refractivity contribution in [3.05, 3.63) is 114 Å². The molecule has 0 radical (unpaired) electrons. The van der Waals surface area contributed by atoms with E-state index in [2.05, 4.69) is 31.9 Å². The first-order valence-electron chi connectivity index (χ1n) is 13.6. The second-order valence-electron chi connectivity index (χ2n) is 8.50. The van der Waals surface area contributed by atoms with Crippen LogP contribution in [0.2, 0.25) is 0 Å². The van der Waals surface area contributed by atoms with Crippen molar-refractivity contribution in [1.29, 1.82) is 0 Å². The van der Waals surface area contributed by atoms with Crippen LogP contribution in [0.5, 0.6) is 0 Å². The number of hydrogen-bond donors (Lipinski definition) is 2. The Hall–Kier alpha value is -5.18. The first-order valence-corrected chi connectivity index (χ1v) is 13.6. The van der Waals surface area contributed by atoms with Crippen LogP contribution in [0.1, 0.15) is 54.9 Å². The average Bonchev–Trinajstić information content (AvgIpc) is 3.06. The van der Waals surface area contributed by atoms with Crippen molar-refractivity contribution in [2.45, 2.75) is 33.4 Å². The zero-order chi connectivity index (χ0) is 32.3. The van der Waals surface area contributed by atoms with E-state index in [0.717, 1.165) is 16.6 Å². The number of carbonyl (C=O) groups is 3. The van der Waals surface area contributed by atoms with Crippen molar-refractivity contribution in [2.75, 3.05) is 19.5 Å². The van der Waals surface area contributed by atoms with Gasteiger partial charge in [-0.1, -0.05) is 69.0 Å². The molecule has 0 spiro atoms. The molecule has 1 unspecified atom stereocenters. The maximum Gasteiger partial charge on any atom is 0.337 e. The number of para-hydroxylation sites is 1. The molecule has 0 saturated heterocycles. The lowest BCUT2D eigenvalue weighted by Crippen LogP contribution is -2.33. The molecule has 43 heavy (non-hydrogen) atoms. The summed E-state index contributed by atoms with van der Waals surface area (Å²) in [4.78, 5) is 41.5. The molecule has 2 amide bonds. The Morgan fingerprint density at radius 1 is 0.977 bits per heavy atom. The van der Waals surface area contributed by atoms with E-state index in [4.69, 9.17) is 4.79 Å². The van der Waals surface area contributed by atoms with Crippen molar-refractivity contribution in [2.24, 2.45) is 0 Å². The van der Waals surface area contributed by atoms with Gasteiger partial charge < -0.3 is 15.4 Å². The molecule has 2 aromatic heterocycles. The highest BCUT2D eigenvalue weighted by atomic mass is 19.1. The van der Waals surface area contributed by atoms with Gasteiger partial charge >= 0.3 is 5.97 Å². The lowest BCUT2D eigenvalue weighted by molar-refractivity contribution is -0.126. The number of nitrogens with zero attached hydrogens (tertiary/aromatic N) is 2. The molecule has 2 aromatic carbocycles. The number of nitrogens with one attached hydrogen (secondary N) is 2. The van der Waals surface area contributed by atoms with Crippen molar-refractivity contribution in [3.63, 3.8) is 0 Å². The highest BCUT2D eigenvalue weighted by Gasteiger charge is 2.35. The van der Waals surface area contributed by atoms with E-state index in [1.165, 1.54) is 38.3 Å². The van der Waals surface area contributed by atoms with Crippen LogP contribution in [-0.2, 0) is 20.0 Å². The van der Waals surface area contributed by atoms with Crippen LogP contribution in [-0.4, -0.2) is 42.4 Å². The van der Waals surface area contributed by atoms with Crippen LogP contribution in [0.4, 0.5) is 10.1 Å². The molecule has 226 valence electrons. The molecular weight excluding hydrogens is 547 g/mol. The van der Waals surface area contributed by atoms with Crippen LogP contribution >= 0.6 is 0 Å². The van der Waals surface area contributed by atoms with Gasteiger partial charge in [0, 0.05) is 24.8 Å². The van der Waals surface area contributed by atoms with Crippen LogP contribution in [0.3, 0.4) is 0 Å². The normalized spacial score (nSPS) is 11.1. The van der Waals surface area contributed by atoms with E-state index >= 15 is 4.39 Å². The van der Waals surface area contributed by atoms with Crippen molar-refractivity contribution >= 4 is 47.0 Å². The van der Waals surface area contributed by atoms with Crippen LogP contribution < -0.4 is 10.6 Å². The van der Waals surface area contributed by atoms with Gasteiger partial charge in [-0.15, -0.1) is 0 Å². The van der Waals surface area contributed by atoms with Gasteiger partial charge in [-0.25, -0.2) is 9.18 Å². The standard InChI is InChI=1S/C20H17FN2O3.C10H11N.C2H5NO.C2H6/c1-20(21,15-10-8-14(9-11-15)18(24)26-2)19(25)23-16-7-3-5-13-6-4-12-22-17(13)16;1-3-6-9-7-5-8-11-10(9)4-2;1-3-2-4;1-2/h3-12H,1-2H3,(H,23,25);3-8H,2H2,1H3;2H,1H3,(H,3,4);1-2H3/b;6-3-;;. The molecule has 0 fully saturated rings. The summed E-state index contributed by atoms with van der Waals surface area (Å²) in [6, 6.07) is 18.5. The Kier molecular flexibility index (Phi) is 15.9. The smallest absolute Gasteiger partial charge is 0.337 e. The van der Waals surface area contributed by atoms with Gasteiger partial charge in [-0.05, 0) is 61.4 Å². The fourth-order valence-corrected chi connectivity index (χ4v) is 3.53. The summed E-state index contributed by atoms with van der Waals surface area (Å²) in [5.74, 6) is -1.34. The summed E-state index contributed by atoms with van der Waals surface area (Å²) in [5.41, 5.74) is 1.20. The van der Waals surface area contributed by atoms with E-state index < -0.39 is 17.5 Å². The molecule has 0 aliphatic carbocycles. The Morgan fingerprint density at radius 3 is 2.16 bits per heavy atom. The average molecular weight is 587 g/mol. The van der Waals surface area contributed by atoms with Crippen molar-refractivity contribution < 1.29 is 23.5 Å². The summed E-state index contributed by atoms with van der Waals surface area (Å²) >= 11 is 0. The molecule has 2 heterocycles. The summed E-state index contributed by atoms with van der Waals surface area (Å²) in [7, 11) is 2.83. The van der Waals surface area contributed by atoms with Gasteiger partial charge in [-0.2, -0.15) is 0 Å². The molecule has 4 rings (SSSR count). The van der Waals surface area contributed by atoms with Crippen LogP contribution in [0.15, 0.2) is 91.8 Å². The maximum absolute atomic E-state index is 15.2. The Bertz CT molecular complexity index is 1500. The van der Waals surface area contributed by atoms with Crippen molar-refractivity contribution in [3.8, 4) is 0 Å². The molecular formula is C34H39FN4O4. The Balaban J connectivity index is 0.000000450. The second-order valence-corrected chi connectivity index (χ2v) is 8.50. The number of esters is 1. The molecule has 0 bridgehead atoms. The molecule has 1 atom stereocenters. The number of aromatic nitrogens is 2. The van der Waals surface area contributed by atoms with Crippen LogP contribution in [0.25, 0.3) is 23.1 Å². The predicted octanol–water partition coefficient (Wildman–Crippen LogP) is 6.99. The third kappa shape index (κ3) is 10.6. The maximum atomic E-state index is 15.2. The highest BCUT2D eigenvalue weighted by molar-refractivity contribution is 6.03. The number of pyridine rings is 2. The zero-order valence-corrected chi connectivity index (χ0v) is 25.4. The highest BCUT2D eigenvalue weighted by Crippen LogP contribution is 2.29. The second kappa shape index (κ2) is 19.0. The van der Waals surface area contributed by atoms with Crippen molar-refractivity contribution in [1.82, 2.24) is 15.3 Å². The molecule has 0 aliphatic heterocycles. The van der Waals surface area contributed by atoms with Gasteiger partial charge in [0.2, 0.25) is 12.1 Å². The third-order valence-electron chi connectivity index (χ3n) is 5.68. The van der Waals surface area contributed by atoms with E-state index in [1.807, 2.05) is 57.2 Å². The number of anilines is 1. The zero-order valence-electron chi connectivity index (χ0n) is 25.4. The first-order chi connectivity index (χ1) is 20.7. The largest absolute Gasteiger partial charge is 0.465 e. The number of carbonyl (C=O) groups excluding carboxylic acids is 3. The molecule has 8 nitrogen and oxygen atoms in total. The van der Waals surface area contributed by atoms with E-state index in [9.17, 15) is 9.59 Å². The van der Waals surface area contributed by atoms with E-state index in [1.54, 1.807) is 43.7 Å². The fourth-order valence-electron chi connectivity index (χ4n) is 3.53. The minimum absolute atomic E-state index is 0.135. The van der Waals surface area contributed by atoms with Gasteiger partial charge in [0.25, 0.3) is 5.91 Å². The molecule has 2 N–H and O–H groups in total. The van der Waals surface area contributed by atoms with Gasteiger partial charge in [0.1, 0.15) is 0 Å². The third-order valence-corrected chi connectivity index (χ3v) is 5.68. The lowest BCUT2D eigenvalue weighted by Gasteiger charge is -2.21. The number of ether oxygens (including phenoxy) is 1. The minimum Gasteiger partial charge on any atom is -0.465 e. The topological polar surface area (TPSA) is 110 Å². The monoisotopic (exact) mass is 586 g/mol.